The monoisotopic (exact) mass is 323 g/mol. The van der Waals surface area contributed by atoms with E-state index in [9.17, 15) is 14.4 Å². The highest BCUT2D eigenvalue weighted by molar-refractivity contribution is 6.33. The number of nitrogens with one attached hydrogen (secondary N) is 1. The molecular formula is C15H18ClN3O3. The normalized spacial score (nSPS) is 18.4. The van der Waals surface area contributed by atoms with Gasteiger partial charge >= 0.3 is 0 Å². The maximum absolute atomic E-state index is 12.2. The fourth-order valence-corrected chi connectivity index (χ4v) is 2.50. The molecule has 1 aromatic rings. The van der Waals surface area contributed by atoms with Crippen molar-refractivity contribution in [2.24, 2.45) is 11.7 Å². The first-order valence-electron chi connectivity index (χ1n) is 6.89. The Bertz CT molecular complexity index is 630. The molecule has 0 saturated carbocycles. The van der Waals surface area contributed by atoms with Gasteiger partial charge in [0, 0.05) is 13.0 Å². The van der Waals surface area contributed by atoms with Crippen molar-refractivity contribution in [1.29, 1.82) is 0 Å². The van der Waals surface area contributed by atoms with Gasteiger partial charge in [-0.1, -0.05) is 23.7 Å². The van der Waals surface area contributed by atoms with Crippen LogP contribution in [0.2, 0.25) is 5.02 Å². The van der Waals surface area contributed by atoms with Crippen LogP contribution in [0.4, 0.5) is 5.69 Å². The molecule has 2 rings (SSSR count). The van der Waals surface area contributed by atoms with Gasteiger partial charge in [0.25, 0.3) is 0 Å². The third-order valence-electron chi connectivity index (χ3n) is 3.69. The Hall–Kier alpha value is -2.08. The largest absolute Gasteiger partial charge is 0.368 e. The van der Waals surface area contributed by atoms with E-state index in [1.807, 2.05) is 0 Å². The smallest absolute Gasteiger partial charge is 0.242 e. The number of carbonyl (C=O) groups excluding carboxylic acids is 3. The predicted molar refractivity (Wildman–Crippen MR) is 83.3 cm³/mol. The van der Waals surface area contributed by atoms with Crippen LogP contribution in [-0.4, -0.2) is 29.8 Å². The Labute approximate surface area is 133 Å². The number of carbonyl (C=O) groups is 3. The number of para-hydroxylation sites is 1. The zero-order valence-electron chi connectivity index (χ0n) is 12.4. The van der Waals surface area contributed by atoms with Gasteiger partial charge in [-0.3, -0.25) is 14.4 Å². The first-order chi connectivity index (χ1) is 10.2. The van der Waals surface area contributed by atoms with E-state index in [1.54, 1.807) is 24.3 Å². The number of anilines is 1. The fourth-order valence-electron chi connectivity index (χ4n) is 2.26. The van der Waals surface area contributed by atoms with Crippen molar-refractivity contribution in [1.82, 2.24) is 5.32 Å². The molecule has 22 heavy (non-hydrogen) atoms. The number of primary amides is 1. The number of benzene rings is 1. The van der Waals surface area contributed by atoms with Crippen LogP contribution in [0.1, 0.15) is 20.3 Å². The molecule has 1 aliphatic rings. The van der Waals surface area contributed by atoms with Crippen LogP contribution in [0.5, 0.6) is 0 Å². The lowest BCUT2D eigenvalue weighted by Gasteiger charge is -2.24. The van der Waals surface area contributed by atoms with Crippen LogP contribution in [-0.2, 0) is 14.4 Å². The second-order valence-electron chi connectivity index (χ2n) is 5.84. The van der Waals surface area contributed by atoms with E-state index in [-0.39, 0.29) is 24.8 Å². The number of hydrogen-bond donors (Lipinski definition) is 2. The molecule has 1 saturated heterocycles. The molecule has 118 valence electrons. The van der Waals surface area contributed by atoms with Crippen LogP contribution in [0, 0.1) is 5.92 Å². The average Bonchev–Trinajstić information content (AvgIpc) is 2.81. The molecule has 1 heterocycles. The molecule has 1 atom stereocenters. The molecule has 3 amide bonds. The average molecular weight is 324 g/mol. The Morgan fingerprint density at radius 2 is 2.00 bits per heavy atom. The highest BCUT2D eigenvalue weighted by atomic mass is 35.5. The lowest BCUT2D eigenvalue weighted by atomic mass is 10.0. The van der Waals surface area contributed by atoms with E-state index >= 15 is 0 Å². The Kier molecular flexibility index (Phi) is 4.42. The lowest BCUT2D eigenvalue weighted by molar-refractivity contribution is -0.132. The van der Waals surface area contributed by atoms with E-state index < -0.39 is 17.4 Å². The van der Waals surface area contributed by atoms with Crippen molar-refractivity contribution < 1.29 is 14.4 Å². The number of rotatable bonds is 4. The summed E-state index contributed by atoms with van der Waals surface area (Å²) in [5, 5.41) is 3.03. The molecule has 1 fully saturated rings. The van der Waals surface area contributed by atoms with E-state index in [2.05, 4.69) is 5.32 Å². The molecule has 0 radical (unpaired) electrons. The van der Waals surface area contributed by atoms with Crippen LogP contribution >= 0.6 is 11.6 Å². The molecule has 0 aromatic heterocycles. The van der Waals surface area contributed by atoms with Crippen molar-refractivity contribution >= 4 is 35.0 Å². The van der Waals surface area contributed by atoms with Gasteiger partial charge in [0.05, 0.1) is 16.6 Å². The zero-order valence-corrected chi connectivity index (χ0v) is 13.2. The Morgan fingerprint density at radius 1 is 1.36 bits per heavy atom. The van der Waals surface area contributed by atoms with E-state index in [4.69, 9.17) is 17.3 Å². The van der Waals surface area contributed by atoms with Crippen LogP contribution < -0.4 is 16.0 Å². The number of amides is 3. The minimum Gasteiger partial charge on any atom is -0.368 e. The van der Waals surface area contributed by atoms with Gasteiger partial charge in [-0.05, 0) is 26.0 Å². The zero-order chi connectivity index (χ0) is 16.5. The molecule has 7 heteroatoms. The van der Waals surface area contributed by atoms with E-state index in [0.717, 1.165) is 0 Å². The van der Waals surface area contributed by atoms with Crippen molar-refractivity contribution in [3.63, 3.8) is 0 Å². The predicted octanol–water partition coefficient (Wildman–Crippen LogP) is 1.07. The maximum atomic E-state index is 12.2. The molecule has 0 spiro atoms. The van der Waals surface area contributed by atoms with Gasteiger partial charge in [-0.2, -0.15) is 0 Å². The van der Waals surface area contributed by atoms with Gasteiger partial charge in [-0.15, -0.1) is 0 Å². The molecule has 1 aromatic carbocycles. The Balaban J connectivity index is 2.11. The summed E-state index contributed by atoms with van der Waals surface area (Å²) in [5.41, 5.74) is 4.66. The molecule has 0 bridgehead atoms. The van der Waals surface area contributed by atoms with Gasteiger partial charge < -0.3 is 16.0 Å². The van der Waals surface area contributed by atoms with Crippen molar-refractivity contribution in [3.8, 4) is 0 Å². The highest BCUT2D eigenvalue weighted by Crippen LogP contribution is 2.31. The molecule has 6 nitrogen and oxygen atoms in total. The van der Waals surface area contributed by atoms with Gasteiger partial charge in [0.2, 0.25) is 17.7 Å². The van der Waals surface area contributed by atoms with Crippen molar-refractivity contribution in [2.75, 3.05) is 11.4 Å². The molecule has 0 aliphatic carbocycles. The standard InChI is InChI=1S/C15H18ClN3O3/c1-15(2,14(17)22)18-13(21)9-7-12(20)19(8-9)11-6-4-3-5-10(11)16/h3-6,9H,7-8H2,1-2H3,(H2,17,22)(H,18,21)/t9-/m0/s1. The van der Waals surface area contributed by atoms with Crippen molar-refractivity contribution in [3.05, 3.63) is 29.3 Å². The molecule has 3 N–H and O–H groups in total. The summed E-state index contributed by atoms with van der Waals surface area (Å²) in [6, 6.07) is 6.96. The second-order valence-corrected chi connectivity index (χ2v) is 6.24. The van der Waals surface area contributed by atoms with Gasteiger partial charge in [0.15, 0.2) is 0 Å². The quantitative estimate of drug-likeness (QED) is 0.868. The summed E-state index contributed by atoms with van der Waals surface area (Å²) in [6.07, 6.45) is 0.0753. The first-order valence-corrected chi connectivity index (χ1v) is 7.27. The number of halogens is 1. The fraction of sp³-hybridized carbons (Fsp3) is 0.400. The minimum absolute atomic E-state index is 0.0753. The minimum atomic E-state index is -1.15. The topological polar surface area (TPSA) is 92.5 Å². The summed E-state index contributed by atoms with van der Waals surface area (Å²) in [5.74, 6) is -1.72. The summed E-state index contributed by atoms with van der Waals surface area (Å²) in [6.45, 7) is 3.27. The van der Waals surface area contributed by atoms with Gasteiger partial charge in [-0.25, -0.2) is 0 Å². The third-order valence-corrected chi connectivity index (χ3v) is 4.01. The molecule has 1 aliphatic heterocycles. The maximum Gasteiger partial charge on any atom is 0.242 e. The highest BCUT2D eigenvalue weighted by Gasteiger charge is 2.38. The SMILES string of the molecule is CC(C)(NC(=O)[C@H]1CC(=O)N(c2ccccc2Cl)C1)C(N)=O. The van der Waals surface area contributed by atoms with Crippen molar-refractivity contribution in [2.45, 2.75) is 25.8 Å². The summed E-state index contributed by atoms with van der Waals surface area (Å²) in [7, 11) is 0. The second kappa shape index (κ2) is 5.96. The first kappa shape index (κ1) is 16.3. The van der Waals surface area contributed by atoms with E-state index in [1.165, 1.54) is 18.7 Å². The summed E-state index contributed by atoms with van der Waals surface area (Å²) in [4.78, 5) is 37.1. The van der Waals surface area contributed by atoms with E-state index in [0.29, 0.717) is 10.7 Å². The van der Waals surface area contributed by atoms with Crippen LogP contribution in [0.3, 0.4) is 0 Å². The number of nitrogens with two attached hydrogens (primary N) is 1. The van der Waals surface area contributed by atoms with Crippen LogP contribution in [0.25, 0.3) is 0 Å². The number of hydrogen-bond acceptors (Lipinski definition) is 3. The summed E-state index contributed by atoms with van der Waals surface area (Å²) < 4.78 is 0. The lowest BCUT2D eigenvalue weighted by Crippen LogP contribution is -2.54. The van der Waals surface area contributed by atoms with Gasteiger partial charge in [0.1, 0.15) is 5.54 Å². The number of nitrogens with zero attached hydrogens (tertiary/aromatic N) is 1. The Morgan fingerprint density at radius 3 is 2.59 bits per heavy atom. The molecule has 0 unspecified atom stereocenters. The summed E-state index contributed by atoms with van der Waals surface area (Å²) >= 11 is 6.09. The molecular weight excluding hydrogens is 306 g/mol. The van der Waals surface area contributed by atoms with Crippen LogP contribution in [0.15, 0.2) is 24.3 Å². The third kappa shape index (κ3) is 3.22.